The van der Waals surface area contributed by atoms with Crippen molar-refractivity contribution in [2.75, 3.05) is 6.61 Å². The number of unbranched alkanes of at least 4 members (excludes halogenated alkanes) is 1. The van der Waals surface area contributed by atoms with Crippen LogP contribution in [0.4, 0.5) is 0 Å². The third-order valence-electron chi connectivity index (χ3n) is 0.512. The van der Waals surface area contributed by atoms with Crippen LogP contribution in [0.5, 0.6) is 0 Å². The number of hydrogen-bond acceptors (Lipinski definition) is 1. The quantitative estimate of drug-likeness (QED) is 0.580. The molecule has 0 fully saturated rings. The molecule has 1 nitrogen and oxygen atoms in total. The van der Waals surface area contributed by atoms with Gasteiger partial charge in [0.25, 0.3) is 0 Å². The molecule has 0 bridgehead atoms. The molecular weight excluding hydrogens is 119 g/mol. The first kappa shape index (κ1) is 13.2. The van der Waals surface area contributed by atoms with E-state index >= 15 is 0 Å². The topological polar surface area (TPSA) is 20.2 Å². The van der Waals surface area contributed by atoms with Crippen molar-refractivity contribution in [3.8, 4) is 0 Å². The van der Waals surface area contributed by atoms with Crippen molar-refractivity contribution in [2.24, 2.45) is 0 Å². The molecule has 0 unspecified atom stereocenters. The van der Waals surface area contributed by atoms with Gasteiger partial charge < -0.3 is 5.11 Å². The standard InChI is InChI=1S/C4H10O.C4H9.Li/c1-2-3-4-5;1-4(2)3;/h5H,2-4H2,1H3;1-3H3;. The van der Waals surface area contributed by atoms with Gasteiger partial charge in [0, 0.05) is 6.61 Å². The summed E-state index contributed by atoms with van der Waals surface area (Å²) in [6.07, 6.45) is 2.04. The molecule has 0 aromatic heterocycles. The summed E-state index contributed by atoms with van der Waals surface area (Å²) < 4.78 is 0.500. The Kier molecular flexibility index (Phi) is 10.1. The fourth-order valence-corrected chi connectivity index (χ4v) is 0.158. The molecule has 2 heteroatoms. The second kappa shape index (κ2) is 7.66. The van der Waals surface area contributed by atoms with Crippen molar-refractivity contribution in [1.82, 2.24) is 0 Å². The van der Waals surface area contributed by atoms with E-state index in [2.05, 4.69) is 45.4 Å². The van der Waals surface area contributed by atoms with Crippen LogP contribution in [0.15, 0.2) is 0 Å². The molecule has 0 rings (SSSR count). The van der Waals surface area contributed by atoms with E-state index in [1.165, 1.54) is 0 Å². The van der Waals surface area contributed by atoms with Gasteiger partial charge >= 0.3 is 42.6 Å². The van der Waals surface area contributed by atoms with E-state index in [1.54, 1.807) is 0 Å². The summed E-state index contributed by atoms with van der Waals surface area (Å²) in [6, 6.07) is 0. The zero-order chi connectivity index (χ0) is 8.62. The fraction of sp³-hybridized carbons (Fsp3) is 1.00. The van der Waals surface area contributed by atoms with Crippen LogP contribution in [-0.2, 0) is 0 Å². The Morgan fingerprint density at radius 1 is 1.30 bits per heavy atom. The van der Waals surface area contributed by atoms with Crippen LogP contribution in [0.3, 0.4) is 0 Å². The summed E-state index contributed by atoms with van der Waals surface area (Å²) in [5.74, 6) is 0. The van der Waals surface area contributed by atoms with E-state index in [4.69, 9.17) is 5.11 Å². The van der Waals surface area contributed by atoms with Crippen molar-refractivity contribution < 1.29 is 5.11 Å². The van der Waals surface area contributed by atoms with Crippen molar-refractivity contribution in [3.05, 3.63) is 0 Å². The van der Waals surface area contributed by atoms with Crippen molar-refractivity contribution in [1.29, 1.82) is 0 Å². The first-order chi connectivity index (χ1) is 4.41. The van der Waals surface area contributed by atoms with Gasteiger partial charge in [0.15, 0.2) is 0 Å². The summed E-state index contributed by atoms with van der Waals surface area (Å²) in [4.78, 5) is 0. The minimum atomic E-state index is 0.344. The van der Waals surface area contributed by atoms with E-state index < -0.39 is 0 Å². The predicted molar refractivity (Wildman–Crippen MR) is 47.5 cm³/mol. The predicted octanol–water partition coefficient (Wildman–Crippen LogP) is 2.15. The first-order valence-electron chi connectivity index (χ1n) is 4.02. The average Bonchev–Trinajstić information content (AvgIpc) is 1.63. The third kappa shape index (κ3) is 74.7. The Labute approximate surface area is 74.4 Å². The van der Waals surface area contributed by atoms with Gasteiger partial charge in [-0.3, -0.25) is 0 Å². The van der Waals surface area contributed by atoms with E-state index in [0.717, 1.165) is 12.8 Å². The molecule has 0 atom stereocenters. The van der Waals surface area contributed by atoms with Crippen LogP contribution < -0.4 is 0 Å². The van der Waals surface area contributed by atoms with E-state index in [9.17, 15) is 0 Å². The van der Waals surface area contributed by atoms with Gasteiger partial charge in [0.05, 0.1) is 0 Å². The zero-order valence-electron chi connectivity index (χ0n) is 8.07. The van der Waals surface area contributed by atoms with Gasteiger partial charge in [-0.05, 0) is 6.42 Å². The normalized spacial score (nSPS) is 10.3. The van der Waals surface area contributed by atoms with Crippen LogP contribution >= 0.6 is 0 Å². The molecule has 0 spiro atoms. The van der Waals surface area contributed by atoms with Gasteiger partial charge in [-0.15, -0.1) is 0 Å². The minimum absolute atomic E-state index is 0.344. The summed E-state index contributed by atoms with van der Waals surface area (Å²) in [5, 5.41) is 8.07. The molecule has 0 aliphatic rings. The molecule has 1 N–H and O–H groups in total. The van der Waals surface area contributed by atoms with Gasteiger partial charge in [-0.25, -0.2) is 0 Å². The maximum absolute atomic E-state index is 8.07. The maximum atomic E-state index is 8.07. The van der Waals surface area contributed by atoms with E-state index in [-0.39, 0.29) is 0 Å². The molecular formula is C8H19LiO. The molecule has 0 saturated carbocycles. The van der Waals surface area contributed by atoms with Crippen molar-refractivity contribution in [3.63, 3.8) is 0 Å². The van der Waals surface area contributed by atoms with Gasteiger partial charge in [-0.1, -0.05) is 13.3 Å². The fourth-order valence-electron chi connectivity index (χ4n) is 0.158. The van der Waals surface area contributed by atoms with Crippen LogP contribution in [0.2, 0.25) is 4.09 Å². The Balaban J connectivity index is 0. The molecule has 0 saturated heterocycles. The Bertz CT molecular complexity index is 48.8. The first-order valence-corrected chi connectivity index (χ1v) is 4.02. The zero-order valence-corrected chi connectivity index (χ0v) is 8.07. The molecule has 0 aromatic rings. The molecule has 58 valence electrons. The van der Waals surface area contributed by atoms with Crippen LogP contribution in [-0.4, -0.2) is 29.4 Å². The molecule has 0 radical (unpaired) electrons. The van der Waals surface area contributed by atoms with Gasteiger partial charge in [-0.2, -0.15) is 0 Å². The summed E-state index contributed by atoms with van der Waals surface area (Å²) in [7, 11) is 0. The molecule has 10 heavy (non-hydrogen) atoms. The van der Waals surface area contributed by atoms with Crippen LogP contribution in [0.1, 0.15) is 40.5 Å². The summed E-state index contributed by atoms with van der Waals surface area (Å²) >= 11 is 2.19. The van der Waals surface area contributed by atoms with Gasteiger partial charge in [0.1, 0.15) is 0 Å². The Morgan fingerprint density at radius 3 is 1.60 bits per heavy atom. The number of aliphatic hydroxyl groups is 1. The van der Waals surface area contributed by atoms with Crippen molar-refractivity contribution >= 4 is 17.7 Å². The van der Waals surface area contributed by atoms with Crippen LogP contribution in [0.25, 0.3) is 0 Å². The monoisotopic (exact) mass is 138 g/mol. The molecule has 0 aliphatic carbocycles. The SMILES string of the molecule is CCCCO.[Li][C](C)(C)C. The Morgan fingerprint density at radius 2 is 1.60 bits per heavy atom. The molecule has 0 heterocycles. The van der Waals surface area contributed by atoms with E-state index in [1.807, 2.05) is 0 Å². The summed E-state index contributed by atoms with van der Waals surface area (Å²) in [5.41, 5.74) is 0. The molecule has 0 aliphatic heterocycles. The second-order valence-electron chi connectivity index (χ2n) is 4.08. The van der Waals surface area contributed by atoms with Crippen molar-refractivity contribution in [2.45, 2.75) is 44.6 Å². The number of aliphatic hydroxyl groups excluding tert-OH is 1. The molecule has 0 amide bonds. The van der Waals surface area contributed by atoms with Crippen LogP contribution in [0, 0.1) is 0 Å². The summed E-state index contributed by atoms with van der Waals surface area (Å²) in [6.45, 7) is 8.96. The number of hydrogen-bond donors (Lipinski definition) is 1. The average molecular weight is 138 g/mol. The van der Waals surface area contributed by atoms with Gasteiger partial charge in [0.2, 0.25) is 0 Å². The third-order valence-corrected chi connectivity index (χ3v) is 0.512. The number of rotatable bonds is 2. The second-order valence-corrected chi connectivity index (χ2v) is 4.08. The Hall–Kier alpha value is 0.557. The van der Waals surface area contributed by atoms with E-state index in [0.29, 0.717) is 10.7 Å². The molecule has 0 aromatic carbocycles.